The van der Waals surface area contributed by atoms with Crippen LogP contribution in [0.15, 0.2) is 45.5 Å². The third-order valence-corrected chi connectivity index (χ3v) is 3.83. The second-order valence-electron chi connectivity index (χ2n) is 4.40. The zero-order chi connectivity index (χ0) is 14.0. The van der Waals surface area contributed by atoms with E-state index >= 15 is 0 Å². The van der Waals surface area contributed by atoms with Crippen molar-refractivity contribution in [2.75, 3.05) is 0 Å². The zero-order valence-corrected chi connectivity index (χ0v) is 13.8. The number of amides is 1. The van der Waals surface area contributed by atoms with Gasteiger partial charge in [-0.1, -0.05) is 28.1 Å². The number of halogens is 2. The summed E-state index contributed by atoms with van der Waals surface area (Å²) >= 11 is 6.80. The minimum Gasteiger partial charge on any atom is -0.345 e. The van der Waals surface area contributed by atoms with E-state index in [2.05, 4.69) is 37.2 Å². The van der Waals surface area contributed by atoms with Crippen molar-refractivity contribution in [3.63, 3.8) is 0 Å². The number of hydrogen-bond acceptors (Lipinski definition) is 1. The summed E-state index contributed by atoms with van der Waals surface area (Å²) in [5.74, 6) is -0.0827. The van der Waals surface area contributed by atoms with Crippen molar-refractivity contribution in [1.29, 1.82) is 0 Å². The Balaban J connectivity index is 2.13. The normalized spacial score (nSPS) is 12.2. The van der Waals surface area contributed by atoms with E-state index in [1.165, 1.54) is 0 Å². The molecule has 0 spiro atoms. The third-order valence-electron chi connectivity index (χ3n) is 2.90. The van der Waals surface area contributed by atoms with Gasteiger partial charge in [0.15, 0.2) is 0 Å². The molecule has 0 aliphatic heterocycles. The van der Waals surface area contributed by atoms with Crippen molar-refractivity contribution in [3.8, 4) is 0 Å². The predicted octanol–water partition coefficient (Wildman–Crippen LogP) is 4.04. The maximum Gasteiger partial charge on any atom is 0.268 e. The van der Waals surface area contributed by atoms with E-state index in [1.54, 1.807) is 4.57 Å². The Hall–Kier alpha value is -1.07. The average Bonchev–Trinajstić information content (AvgIpc) is 2.68. The topological polar surface area (TPSA) is 34.0 Å². The molecule has 1 N–H and O–H groups in total. The van der Waals surface area contributed by atoms with E-state index in [4.69, 9.17) is 0 Å². The minimum absolute atomic E-state index is 0.0429. The van der Waals surface area contributed by atoms with E-state index in [0.717, 1.165) is 14.5 Å². The van der Waals surface area contributed by atoms with Crippen LogP contribution in [0.2, 0.25) is 0 Å². The Morgan fingerprint density at radius 3 is 2.58 bits per heavy atom. The molecular weight excluding hydrogens is 372 g/mol. The Morgan fingerprint density at radius 1 is 1.26 bits per heavy atom. The minimum atomic E-state index is -0.0827. The van der Waals surface area contributed by atoms with Crippen LogP contribution in [0.25, 0.3) is 0 Å². The summed E-state index contributed by atoms with van der Waals surface area (Å²) in [6.45, 7) is 1.97. The lowest BCUT2D eigenvalue weighted by atomic mass is 10.1. The van der Waals surface area contributed by atoms with Gasteiger partial charge in [-0.3, -0.25) is 4.79 Å². The summed E-state index contributed by atoms with van der Waals surface area (Å²) in [7, 11) is 1.85. The van der Waals surface area contributed by atoms with E-state index < -0.39 is 0 Å². The van der Waals surface area contributed by atoms with Crippen molar-refractivity contribution >= 4 is 37.8 Å². The first-order valence-corrected chi connectivity index (χ1v) is 7.44. The zero-order valence-electron chi connectivity index (χ0n) is 10.7. The monoisotopic (exact) mass is 384 g/mol. The van der Waals surface area contributed by atoms with Gasteiger partial charge in [-0.25, -0.2) is 0 Å². The summed E-state index contributed by atoms with van der Waals surface area (Å²) < 4.78 is 3.70. The molecule has 100 valence electrons. The molecule has 1 heterocycles. The van der Waals surface area contributed by atoms with E-state index in [1.807, 2.05) is 50.5 Å². The molecule has 0 saturated carbocycles. The van der Waals surface area contributed by atoms with Gasteiger partial charge in [-0.05, 0) is 46.6 Å². The van der Waals surface area contributed by atoms with Gasteiger partial charge in [0.25, 0.3) is 5.91 Å². The van der Waals surface area contributed by atoms with Crippen molar-refractivity contribution in [2.45, 2.75) is 13.0 Å². The predicted molar refractivity (Wildman–Crippen MR) is 83.1 cm³/mol. The quantitative estimate of drug-likeness (QED) is 0.849. The van der Waals surface area contributed by atoms with Crippen LogP contribution in [0.3, 0.4) is 0 Å². The van der Waals surface area contributed by atoms with E-state index in [-0.39, 0.29) is 11.9 Å². The van der Waals surface area contributed by atoms with Crippen LogP contribution in [0.4, 0.5) is 0 Å². The first kappa shape index (κ1) is 14.3. The van der Waals surface area contributed by atoms with Gasteiger partial charge < -0.3 is 9.88 Å². The lowest BCUT2D eigenvalue weighted by molar-refractivity contribution is 0.0931. The van der Waals surface area contributed by atoms with Crippen LogP contribution < -0.4 is 5.32 Å². The number of nitrogens with zero attached hydrogens (tertiary/aromatic N) is 1. The maximum absolute atomic E-state index is 12.2. The SMILES string of the molecule is CC(NC(=O)c1cc(Br)cn1C)c1cccc(Br)c1. The van der Waals surface area contributed by atoms with Gasteiger partial charge in [-0.2, -0.15) is 0 Å². The highest BCUT2D eigenvalue weighted by atomic mass is 79.9. The summed E-state index contributed by atoms with van der Waals surface area (Å²) in [4.78, 5) is 12.2. The lowest BCUT2D eigenvalue weighted by Crippen LogP contribution is -2.28. The molecule has 1 aromatic carbocycles. The fraction of sp³-hybridized carbons (Fsp3) is 0.214. The van der Waals surface area contributed by atoms with E-state index in [0.29, 0.717) is 5.69 Å². The van der Waals surface area contributed by atoms with Gasteiger partial charge >= 0.3 is 0 Å². The molecule has 1 amide bonds. The van der Waals surface area contributed by atoms with Crippen LogP contribution in [-0.4, -0.2) is 10.5 Å². The average molecular weight is 386 g/mol. The lowest BCUT2D eigenvalue weighted by Gasteiger charge is -2.15. The molecule has 3 nitrogen and oxygen atoms in total. The first-order chi connectivity index (χ1) is 8.97. The van der Waals surface area contributed by atoms with Crippen molar-refractivity contribution < 1.29 is 4.79 Å². The third kappa shape index (κ3) is 3.48. The second kappa shape index (κ2) is 5.92. The second-order valence-corrected chi connectivity index (χ2v) is 6.24. The van der Waals surface area contributed by atoms with Gasteiger partial charge in [0.2, 0.25) is 0 Å². The van der Waals surface area contributed by atoms with Gasteiger partial charge in [0, 0.05) is 22.2 Å². The Morgan fingerprint density at radius 2 is 2.00 bits per heavy atom. The molecule has 19 heavy (non-hydrogen) atoms. The Bertz CT molecular complexity index is 607. The van der Waals surface area contributed by atoms with Crippen LogP contribution in [0, 0.1) is 0 Å². The van der Waals surface area contributed by atoms with Gasteiger partial charge in [0.05, 0.1) is 6.04 Å². The summed E-state index contributed by atoms with van der Waals surface area (Å²) in [6, 6.07) is 9.69. The molecule has 1 unspecified atom stereocenters. The van der Waals surface area contributed by atoms with E-state index in [9.17, 15) is 4.79 Å². The number of carbonyl (C=O) groups is 1. The van der Waals surface area contributed by atoms with Crippen LogP contribution in [-0.2, 0) is 7.05 Å². The Kier molecular flexibility index (Phi) is 4.47. The van der Waals surface area contributed by atoms with Crippen molar-refractivity contribution in [1.82, 2.24) is 9.88 Å². The summed E-state index contributed by atoms with van der Waals surface area (Å²) in [5.41, 5.74) is 1.70. The van der Waals surface area contributed by atoms with Crippen LogP contribution >= 0.6 is 31.9 Å². The summed E-state index contributed by atoms with van der Waals surface area (Å²) in [6.07, 6.45) is 1.86. The number of hydrogen-bond donors (Lipinski definition) is 1. The molecule has 0 fully saturated rings. The largest absolute Gasteiger partial charge is 0.345 e. The molecule has 0 aliphatic carbocycles. The highest BCUT2D eigenvalue weighted by molar-refractivity contribution is 9.10. The fourth-order valence-electron chi connectivity index (χ4n) is 1.88. The molecule has 0 saturated heterocycles. The molecule has 2 rings (SSSR count). The number of aryl methyl sites for hydroxylation is 1. The molecule has 0 bridgehead atoms. The number of carbonyl (C=O) groups excluding carboxylic acids is 1. The fourth-order valence-corrected chi connectivity index (χ4v) is 2.82. The van der Waals surface area contributed by atoms with Gasteiger partial charge in [0.1, 0.15) is 5.69 Å². The smallest absolute Gasteiger partial charge is 0.268 e. The number of nitrogens with one attached hydrogen (secondary N) is 1. The molecule has 1 aromatic heterocycles. The molecule has 0 radical (unpaired) electrons. The van der Waals surface area contributed by atoms with Crippen LogP contribution in [0.1, 0.15) is 29.0 Å². The van der Waals surface area contributed by atoms with Crippen LogP contribution in [0.5, 0.6) is 0 Å². The Labute approximate surface area is 129 Å². The number of rotatable bonds is 3. The number of aromatic nitrogens is 1. The number of benzene rings is 1. The first-order valence-electron chi connectivity index (χ1n) is 5.85. The van der Waals surface area contributed by atoms with Crippen molar-refractivity contribution in [3.05, 3.63) is 56.7 Å². The molecule has 0 aliphatic rings. The highest BCUT2D eigenvalue weighted by Gasteiger charge is 2.14. The van der Waals surface area contributed by atoms with Gasteiger partial charge in [-0.15, -0.1) is 0 Å². The highest BCUT2D eigenvalue weighted by Crippen LogP contribution is 2.19. The molecule has 1 atom stereocenters. The standard InChI is InChI=1S/C14H14Br2N2O/c1-9(10-4-3-5-11(15)6-10)17-14(19)13-7-12(16)8-18(13)2/h3-9H,1-2H3,(H,17,19). The molecule has 2 aromatic rings. The maximum atomic E-state index is 12.2. The summed E-state index contributed by atoms with van der Waals surface area (Å²) in [5, 5.41) is 2.99. The molecule has 5 heteroatoms. The van der Waals surface area contributed by atoms with Crippen molar-refractivity contribution in [2.24, 2.45) is 7.05 Å². The molecular formula is C14H14Br2N2O.